The fraction of sp³-hybridized carbons (Fsp3) is 0.636. The Morgan fingerprint density at radius 2 is 2.06 bits per heavy atom. The Hall–Kier alpha value is -0.710. The molecule has 0 aliphatic carbocycles. The Balaban J connectivity index is 1.85. The third kappa shape index (κ3) is 1.93. The first kappa shape index (κ1) is 10.4. The van der Waals surface area contributed by atoms with Crippen LogP contribution >= 0.6 is 11.6 Å². The third-order valence-electron chi connectivity index (χ3n) is 3.56. The molecule has 1 aromatic rings. The van der Waals surface area contributed by atoms with Crippen molar-refractivity contribution < 1.29 is 0 Å². The lowest BCUT2D eigenvalue weighted by Crippen LogP contribution is -2.36. The molecule has 0 spiro atoms. The van der Waals surface area contributed by atoms with E-state index in [1.807, 2.05) is 12.1 Å². The number of rotatable bonds is 1. The molecule has 2 bridgehead atoms. The second-order valence-corrected chi connectivity index (χ2v) is 4.90. The first-order valence-electron chi connectivity index (χ1n) is 5.79. The maximum Gasteiger partial charge on any atom is 0.151 e. The molecule has 3 saturated heterocycles. The predicted octanol–water partition coefficient (Wildman–Crippen LogP) is 1.24. The van der Waals surface area contributed by atoms with Crippen molar-refractivity contribution in [1.29, 1.82) is 0 Å². The van der Waals surface area contributed by atoms with Gasteiger partial charge in [-0.15, -0.1) is 5.10 Å². The molecule has 4 nitrogen and oxygen atoms in total. The van der Waals surface area contributed by atoms with Gasteiger partial charge in [0.2, 0.25) is 0 Å². The van der Waals surface area contributed by atoms with Crippen LogP contribution in [-0.4, -0.2) is 40.8 Å². The standard InChI is InChI=1S/C11H15ClN4/c12-11-2-1-9(14-15-11)10-7-13-8-3-5-16(10)6-4-8/h1-2,8,10,13H,3-7H2. The zero-order valence-corrected chi connectivity index (χ0v) is 9.82. The SMILES string of the molecule is Clc1ccc(C2CNC3CCN2CC3)nn1. The van der Waals surface area contributed by atoms with E-state index in [1.54, 1.807) is 0 Å². The molecule has 0 aromatic carbocycles. The monoisotopic (exact) mass is 238 g/mol. The summed E-state index contributed by atoms with van der Waals surface area (Å²) in [6.45, 7) is 3.29. The van der Waals surface area contributed by atoms with Crippen LogP contribution < -0.4 is 5.32 Å². The van der Waals surface area contributed by atoms with Crippen LogP contribution in [0, 0.1) is 0 Å². The summed E-state index contributed by atoms with van der Waals surface area (Å²) in [4.78, 5) is 2.49. The van der Waals surface area contributed by atoms with Crippen molar-refractivity contribution in [1.82, 2.24) is 20.4 Å². The minimum Gasteiger partial charge on any atom is -0.312 e. The van der Waals surface area contributed by atoms with Gasteiger partial charge < -0.3 is 5.32 Å². The summed E-state index contributed by atoms with van der Waals surface area (Å²) in [6, 6.07) is 4.86. The van der Waals surface area contributed by atoms with Crippen LogP contribution in [-0.2, 0) is 0 Å². The van der Waals surface area contributed by atoms with E-state index in [-0.39, 0.29) is 0 Å². The van der Waals surface area contributed by atoms with Gasteiger partial charge >= 0.3 is 0 Å². The maximum absolute atomic E-state index is 5.76. The summed E-state index contributed by atoms with van der Waals surface area (Å²) in [5.74, 6) is 0. The Bertz CT molecular complexity index is 359. The lowest BCUT2D eigenvalue weighted by Gasteiger charge is -2.30. The Morgan fingerprint density at radius 1 is 1.25 bits per heavy atom. The van der Waals surface area contributed by atoms with Crippen LogP contribution in [0.25, 0.3) is 0 Å². The largest absolute Gasteiger partial charge is 0.312 e. The number of nitrogens with one attached hydrogen (secondary N) is 1. The average molecular weight is 239 g/mol. The molecule has 16 heavy (non-hydrogen) atoms. The van der Waals surface area contributed by atoms with Crippen molar-refractivity contribution in [3.63, 3.8) is 0 Å². The molecule has 0 saturated carbocycles. The molecule has 0 amide bonds. The first-order chi connectivity index (χ1) is 7.83. The van der Waals surface area contributed by atoms with E-state index in [2.05, 4.69) is 20.4 Å². The van der Waals surface area contributed by atoms with E-state index in [1.165, 1.54) is 12.8 Å². The Kier molecular flexibility index (Phi) is 2.79. The van der Waals surface area contributed by atoms with Gasteiger partial charge in [-0.2, -0.15) is 5.10 Å². The highest BCUT2D eigenvalue weighted by Crippen LogP contribution is 2.26. The normalized spacial score (nSPS) is 33.7. The van der Waals surface area contributed by atoms with E-state index in [9.17, 15) is 0 Å². The molecule has 0 radical (unpaired) electrons. The van der Waals surface area contributed by atoms with Crippen molar-refractivity contribution >= 4 is 11.6 Å². The lowest BCUT2D eigenvalue weighted by atomic mass is 10.1. The van der Waals surface area contributed by atoms with Crippen molar-refractivity contribution in [2.75, 3.05) is 19.6 Å². The highest BCUT2D eigenvalue weighted by Gasteiger charge is 2.31. The van der Waals surface area contributed by atoms with Gasteiger partial charge in [0.1, 0.15) is 0 Å². The summed E-state index contributed by atoms with van der Waals surface area (Å²) >= 11 is 5.76. The molecule has 5 heteroatoms. The van der Waals surface area contributed by atoms with E-state index < -0.39 is 0 Å². The molecule has 3 aliphatic rings. The van der Waals surface area contributed by atoms with Crippen molar-refractivity contribution in [3.05, 3.63) is 23.0 Å². The minimum atomic E-state index is 0.359. The number of aromatic nitrogens is 2. The fourth-order valence-electron chi connectivity index (χ4n) is 2.62. The number of hydrogen-bond donors (Lipinski definition) is 1. The summed E-state index contributed by atoms with van der Waals surface area (Å²) in [5.41, 5.74) is 1.03. The van der Waals surface area contributed by atoms with E-state index in [0.717, 1.165) is 25.3 Å². The fourth-order valence-corrected chi connectivity index (χ4v) is 2.72. The Morgan fingerprint density at radius 3 is 2.75 bits per heavy atom. The van der Waals surface area contributed by atoms with Gasteiger partial charge in [-0.25, -0.2) is 0 Å². The third-order valence-corrected chi connectivity index (χ3v) is 3.77. The number of fused-ring (bicyclic) bond motifs is 4. The van der Waals surface area contributed by atoms with Crippen LogP contribution in [0.5, 0.6) is 0 Å². The summed E-state index contributed by atoms with van der Waals surface area (Å²) in [6.07, 6.45) is 2.50. The number of hydrogen-bond acceptors (Lipinski definition) is 4. The van der Waals surface area contributed by atoms with Gasteiger partial charge in [-0.3, -0.25) is 4.90 Å². The summed E-state index contributed by atoms with van der Waals surface area (Å²) in [7, 11) is 0. The topological polar surface area (TPSA) is 41.0 Å². The summed E-state index contributed by atoms with van der Waals surface area (Å²) < 4.78 is 0. The van der Waals surface area contributed by atoms with Gasteiger partial charge in [-0.05, 0) is 25.0 Å². The lowest BCUT2D eigenvalue weighted by molar-refractivity contribution is 0.185. The quantitative estimate of drug-likeness (QED) is 0.799. The molecule has 1 aromatic heterocycles. The second-order valence-electron chi connectivity index (χ2n) is 4.52. The zero-order chi connectivity index (χ0) is 11.0. The number of nitrogens with zero attached hydrogens (tertiary/aromatic N) is 3. The predicted molar refractivity (Wildman–Crippen MR) is 62.4 cm³/mol. The molecular formula is C11H15ClN4. The molecule has 1 unspecified atom stereocenters. The second kappa shape index (κ2) is 4.28. The molecule has 4 heterocycles. The van der Waals surface area contributed by atoms with Crippen LogP contribution in [0.2, 0.25) is 5.15 Å². The molecular weight excluding hydrogens is 224 g/mol. The Labute approximate surface area is 100.0 Å². The zero-order valence-electron chi connectivity index (χ0n) is 9.06. The van der Waals surface area contributed by atoms with Crippen molar-refractivity contribution in [2.24, 2.45) is 0 Å². The van der Waals surface area contributed by atoms with Crippen LogP contribution in [0.15, 0.2) is 12.1 Å². The highest BCUT2D eigenvalue weighted by atomic mass is 35.5. The van der Waals surface area contributed by atoms with Gasteiger partial charge in [0.25, 0.3) is 0 Å². The van der Waals surface area contributed by atoms with Gasteiger partial charge in [0, 0.05) is 25.7 Å². The van der Waals surface area contributed by atoms with Crippen LogP contribution in [0.1, 0.15) is 24.6 Å². The average Bonchev–Trinajstić information content (AvgIpc) is 2.64. The molecule has 3 fully saturated rings. The molecule has 3 aliphatic heterocycles. The summed E-state index contributed by atoms with van der Waals surface area (Å²) in [5, 5.41) is 12.2. The molecule has 1 N–H and O–H groups in total. The first-order valence-corrected chi connectivity index (χ1v) is 6.17. The van der Waals surface area contributed by atoms with Gasteiger partial charge in [-0.1, -0.05) is 11.6 Å². The van der Waals surface area contributed by atoms with Crippen LogP contribution in [0.3, 0.4) is 0 Å². The number of halogens is 1. The highest BCUT2D eigenvalue weighted by molar-refractivity contribution is 6.29. The van der Waals surface area contributed by atoms with E-state index >= 15 is 0 Å². The molecule has 1 atom stereocenters. The van der Waals surface area contributed by atoms with Gasteiger partial charge in [0.15, 0.2) is 5.15 Å². The smallest absolute Gasteiger partial charge is 0.151 e. The van der Waals surface area contributed by atoms with Crippen LogP contribution in [0.4, 0.5) is 0 Å². The van der Waals surface area contributed by atoms with Crippen molar-refractivity contribution in [3.8, 4) is 0 Å². The van der Waals surface area contributed by atoms with Crippen molar-refractivity contribution in [2.45, 2.75) is 24.9 Å². The van der Waals surface area contributed by atoms with Gasteiger partial charge in [0.05, 0.1) is 11.7 Å². The maximum atomic E-state index is 5.76. The minimum absolute atomic E-state index is 0.359. The number of piperidine rings is 1. The molecule has 86 valence electrons. The molecule has 4 rings (SSSR count). The van der Waals surface area contributed by atoms with E-state index in [0.29, 0.717) is 17.2 Å². The van der Waals surface area contributed by atoms with E-state index in [4.69, 9.17) is 11.6 Å².